The number of ether oxygens (including phenoxy) is 2. The van der Waals surface area contributed by atoms with Gasteiger partial charge in [-0.15, -0.1) is 11.3 Å². The molecule has 1 aliphatic rings. The molecule has 6 heteroatoms. The lowest BCUT2D eigenvalue weighted by atomic mass is 10.1. The summed E-state index contributed by atoms with van der Waals surface area (Å²) in [5, 5.41) is 1.78. The molecule has 2 atom stereocenters. The summed E-state index contributed by atoms with van der Waals surface area (Å²) < 4.78 is 12.8. The SMILES string of the molecule is C[C@H](c1nc2ccccc2s1)[NH+](C)Cc1cc(Cl)c2c(c1)OCCCO2. The van der Waals surface area contributed by atoms with E-state index in [4.69, 9.17) is 26.1 Å². The highest BCUT2D eigenvalue weighted by Crippen LogP contribution is 2.38. The second kappa shape index (κ2) is 7.43. The van der Waals surface area contributed by atoms with E-state index < -0.39 is 0 Å². The van der Waals surface area contributed by atoms with Crippen LogP contribution in [-0.2, 0) is 6.54 Å². The van der Waals surface area contributed by atoms with Gasteiger partial charge in [0.1, 0.15) is 12.6 Å². The van der Waals surface area contributed by atoms with Gasteiger partial charge in [0.05, 0.1) is 35.5 Å². The number of nitrogens with one attached hydrogen (secondary N) is 1. The minimum absolute atomic E-state index is 0.294. The van der Waals surface area contributed by atoms with Crippen molar-refractivity contribution in [1.29, 1.82) is 0 Å². The predicted octanol–water partition coefficient (Wildman–Crippen LogP) is 3.89. The fourth-order valence-corrected chi connectivity index (χ4v) is 4.55. The predicted molar refractivity (Wildman–Crippen MR) is 106 cm³/mol. The van der Waals surface area contributed by atoms with Gasteiger partial charge in [-0.1, -0.05) is 23.7 Å². The minimum atomic E-state index is 0.294. The topological polar surface area (TPSA) is 35.8 Å². The smallest absolute Gasteiger partial charge is 0.179 e. The van der Waals surface area contributed by atoms with Crippen molar-refractivity contribution in [1.82, 2.24) is 4.98 Å². The van der Waals surface area contributed by atoms with Crippen molar-refractivity contribution in [2.24, 2.45) is 0 Å². The van der Waals surface area contributed by atoms with Crippen molar-refractivity contribution < 1.29 is 14.4 Å². The number of rotatable bonds is 4. The number of fused-ring (bicyclic) bond motifs is 2. The quantitative estimate of drug-likeness (QED) is 0.735. The van der Waals surface area contributed by atoms with Crippen LogP contribution in [0.15, 0.2) is 36.4 Å². The monoisotopic (exact) mass is 389 g/mol. The molecule has 0 fully saturated rings. The van der Waals surface area contributed by atoms with Crippen molar-refractivity contribution in [3.05, 3.63) is 52.0 Å². The molecule has 0 saturated carbocycles. The third kappa shape index (κ3) is 3.52. The van der Waals surface area contributed by atoms with Crippen molar-refractivity contribution >= 4 is 33.2 Å². The van der Waals surface area contributed by atoms with Crippen LogP contribution in [0.1, 0.15) is 30.0 Å². The third-order valence-corrected chi connectivity index (χ3v) is 6.26. The lowest BCUT2D eigenvalue weighted by Crippen LogP contribution is -3.07. The van der Waals surface area contributed by atoms with Crippen LogP contribution >= 0.6 is 22.9 Å². The molecule has 1 unspecified atom stereocenters. The first-order valence-electron chi connectivity index (χ1n) is 8.87. The molecule has 4 rings (SSSR count). The van der Waals surface area contributed by atoms with Gasteiger partial charge in [-0.3, -0.25) is 0 Å². The van der Waals surface area contributed by atoms with Crippen LogP contribution in [0, 0.1) is 0 Å². The zero-order chi connectivity index (χ0) is 18.1. The van der Waals surface area contributed by atoms with Gasteiger partial charge >= 0.3 is 0 Å². The largest absolute Gasteiger partial charge is 0.489 e. The number of quaternary nitrogens is 1. The average Bonchev–Trinajstić information content (AvgIpc) is 2.92. The summed E-state index contributed by atoms with van der Waals surface area (Å²) in [5.41, 5.74) is 2.22. The number of hydrogen-bond acceptors (Lipinski definition) is 4. The maximum atomic E-state index is 6.43. The first kappa shape index (κ1) is 17.6. The molecule has 0 aliphatic carbocycles. The van der Waals surface area contributed by atoms with Crippen LogP contribution in [0.3, 0.4) is 0 Å². The molecule has 3 aromatic rings. The van der Waals surface area contributed by atoms with Gasteiger partial charge in [0, 0.05) is 12.0 Å². The highest BCUT2D eigenvalue weighted by atomic mass is 35.5. The van der Waals surface area contributed by atoms with E-state index in [-0.39, 0.29) is 0 Å². The highest BCUT2D eigenvalue weighted by Gasteiger charge is 2.22. The summed E-state index contributed by atoms with van der Waals surface area (Å²) in [6.07, 6.45) is 0.875. The van der Waals surface area contributed by atoms with Gasteiger partial charge in [0.2, 0.25) is 0 Å². The van der Waals surface area contributed by atoms with E-state index in [0.29, 0.717) is 30.0 Å². The Hall–Kier alpha value is -1.82. The van der Waals surface area contributed by atoms with Crippen LogP contribution in [0.25, 0.3) is 10.2 Å². The van der Waals surface area contributed by atoms with Crippen LogP contribution < -0.4 is 14.4 Å². The van der Waals surface area contributed by atoms with Crippen LogP contribution in [0.5, 0.6) is 11.5 Å². The molecule has 1 aromatic heterocycles. The van der Waals surface area contributed by atoms with E-state index in [1.807, 2.05) is 12.1 Å². The summed E-state index contributed by atoms with van der Waals surface area (Å²) in [4.78, 5) is 6.16. The summed E-state index contributed by atoms with van der Waals surface area (Å²) >= 11 is 8.20. The van der Waals surface area contributed by atoms with E-state index in [1.165, 1.54) is 9.60 Å². The summed E-state index contributed by atoms with van der Waals surface area (Å²) in [5.74, 6) is 1.43. The number of hydrogen-bond donors (Lipinski definition) is 1. The number of benzene rings is 2. The zero-order valence-electron chi connectivity index (χ0n) is 14.9. The summed E-state index contributed by atoms with van der Waals surface area (Å²) in [7, 11) is 2.19. The van der Waals surface area contributed by atoms with Crippen molar-refractivity contribution in [3.8, 4) is 11.5 Å². The molecule has 0 amide bonds. The molecule has 0 bridgehead atoms. The maximum Gasteiger partial charge on any atom is 0.179 e. The van der Waals surface area contributed by atoms with Gasteiger partial charge < -0.3 is 14.4 Å². The fraction of sp³-hybridized carbons (Fsp3) is 0.350. The van der Waals surface area contributed by atoms with Crippen LogP contribution in [0.2, 0.25) is 5.02 Å². The van der Waals surface area contributed by atoms with E-state index in [9.17, 15) is 0 Å². The number of para-hydroxylation sites is 1. The number of halogens is 1. The first-order valence-corrected chi connectivity index (χ1v) is 10.1. The molecular formula is C20H22ClN2O2S+. The second-order valence-corrected chi connectivity index (χ2v) is 8.19. The average molecular weight is 390 g/mol. The van der Waals surface area contributed by atoms with Crippen molar-refractivity contribution in [3.63, 3.8) is 0 Å². The minimum Gasteiger partial charge on any atom is -0.489 e. The van der Waals surface area contributed by atoms with Gasteiger partial charge in [-0.2, -0.15) is 0 Å². The Bertz CT molecular complexity index is 894. The zero-order valence-corrected chi connectivity index (χ0v) is 16.5. The lowest BCUT2D eigenvalue weighted by molar-refractivity contribution is -0.923. The molecular weight excluding hydrogens is 368 g/mol. The van der Waals surface area contributed by atoms with Crippen molar-refractivity contribution in [2.45, 2.75) is 25.9 Å². The maximum absolute atomic E-state index is 6.43. The van der Waals surface area contributed by atoms with E-state index in [0.717, 1.165) is 34.8 Å². The number of nitrogens with zero attached hydrogens (tertiary/aromatic N) is 1. The molecule has 4 nitrogen and oxygen atoms in total. The van der Waals surface area contributed by atoms with Gasteiger partial charge in [-0.05, 0) is 31.2 Å². The fourth-order valence-electron chi connectivity index (χ4n) is 3.15. The number of aromatic nitrogens is 1. The molecule has 0 radical (unpaired) electrons. The lowest BCUT2D eigenvalue weighted by Gasteiger charge is -2.21. The summed E-state index contributed by atoms with van der Waals surface area (Å²) in [6, 6.07) is 12.6. The standard InChI is InChI=1S/C20H21ClN2O2S/c1-13(20-22-16-6-3-4-7-18(16)26-20)23(2)12-14-10-15(21)19-17(11-14)24-8-5-9-25-19/h3-4,6-7,10-11,13H,5,8-9,12H2,1-2H3/p+1/t13-/m1/s1. The third-order valence-electron chi connectivity index (χ3n) is 4.76. The van der Waals surface area contributed by atoms with Gasteiger partial charge in [-0.25, -0.2) is 4.98 Å². The molecule has 26 heavy (non-hydrogen) atoms. The first-order chi connectivity index (χ1) is 12.6. The van der Waals surface area contributed by atoms with Crippen LogP contribution in [0.4, 0.5) is 0 Å². The molecule has 2 heterocycles. The van der Waals surface area contributed by atoms with Crippen molar-refractivity contribution in [2.75, 3.05) is 20.3 Å². The Kier molecular flexibility index (Phi) is 5.02. The van der Waals surface area contributed by atoms with E-state index in [1.54, 1.807) is 11.3 Å². The Balaban J connectivity index is 1.54. The highest BCUT2D eigenvalue weighted by molar-refractivity contribution is 7.18. The normalized spacial score (nSPS) is 16.3. The molecule has 0 spiro atoms. The molecule has 1 aliphatic heterocycles. The molecule has 136 valence electrons. The second-order valence-electron chi connectivity index (χ2n) is 6.72. The molecule has 0 saturated heterocycles. The Morgan fingerprint density at radius 2 is 2.04 bits per heavy atom. The van der Waals surface area contributed by atoms with E-state index in [2.05, 4.69) is 38.2 Å². The molecule has 1 N–H and O–H groups in total. The van der Waals surface area contributed by atoms with E-state index >= 15 is 0 Å². The van der Waals surface area contributed by atoms with Crippen LogP contribution in [-0.4, -0.2) is 25.2 Å². The molecule has 2 aromatic carbocycles. The number of thiazole rings is 1. The Morgan fingerprint density at radius 1 is 1.23 bits per heavy atom. The summed E-state index contributed by atoms with van der Waals surface area (Å²) in [6.45, 7) is 4.37. The Morgan fingerprint density at radius 3 is 2.88 bits per heavy atom. The van der Waals surface area contributed by atoms with Gasteiger partial charge in [0.15, 0.2) is 16.5 Å². The van der Waals surface area contributed by atoms with Gasteiger partial charge in [0.25, 0.3) is 0 Å². The Labute approximate surface area is 162 Å².